The molecule has 1 heterocycles. The number of aliphatic hydroxyl groups is 1. The van der Waals surface area contributed by atoms with Crippen LogP contribution >= 0.6 is 27.3 Å². The molecule has 80 valence electrons. The fraction of sp³-hybridized carbons (Fsp3) is 0.600. The van der Waals surface area contributed by atoms with Crippen LogP contribution in [0.4, 0.5) is 0 Å². The van der Waals surface area contributed by atoms with Crippen molar-refractivity contribution in [3.05, 3.63) is 20.8 Å². The maximum atomic E-state index is 9.36. The van der Waals surface area contributed by atoms with Gasteiger partial charge in [0.2, 0.25) is 0 Å². The number of hydrogen-bond acceptors (Lipinski definition) is 3. The Labute approximate surface area is 97.3 Å². The van der Waals surface area contributed by atoms with Gasteiger partial charge in [0.05, 0.1) is 6.61 Å². The predicted octanol–water partition coefficient (Wildman–Crippen LogP) is 2.40. The Morgan fingerprint density at radius 2 is 2.36 bits per heavy atom. The average molecular weight is 278 g/mol. The number of aliphatic hydroxyl groups excluding tert-OH is 1. The van der Waals surface area contributed by atoms with Gasteiger partial charge in [-0.25, -0.2) is 0 Å². The Hall–Kier alpha value is 0.1000. The molecule has 0 fully saturated rings. The predicted molar refractivity (Wildman–Crippen MR) is 64.6 cm³/mol. The quantitative estimate of drug-likeness (QED) is 0.868. The van der Waals surface area contributed by atoms with E-state index in [9.17, 15) is 5.11 Å². The summed E-state index contributed by atoms with van der Waals surface area (Å²) in [6, 6.07) is 2.10. The zero-order valence-electron chi connectivity index (χ0n) is 8.29. The van der Waals surface area contributed by atoms with Gasteiger partial charge in [-0.05, 0) is 34.8 Å². The molecule has 1 aromatic heterocycles. The third-order valence-corrected chi connectivity index (χ3v) is 4.39. The average Bonchev–Trinajstić information content (AvgIpc) is 2.61. The van der Waals surface area contributed by atoms with Gasteiger partial charge in [0.15, 0.2) is 0 Å². The van der Waals surface area contributed by atoms with Crippen LogP contribution in [0, 0.1) is 5.41 Å². The van der Waals surface area contributed by atoms with Crippen LogP contribution in [-0.2, 0) is 6.42 Å². The Kier molecular flexibility index (Phi) is 4.57. The normalized spacial score (nSPS) is 15.4. The van der Waals surface area contributed by atoms with Crippen molar-refractivity contribution >= 4 is 27.3 Å². The fourth-order valence-corrected chi connectivity index (χ4v) is 3.01. The van der Waals surface area contributed by atoms with E-state index in [1.807, 2.05) is 0 Å². The highest BCUT2D eigenvalue weighted by atomic mass is 79.9. The third kappa shape index (κ3) is 2.79. The Morgan fingerprint density at radius 3 is 2.71 bits per heavy atom. The molecule has 2 nitrogen and oxygen atoms in total. The second-order valence-corrected chi connectivity index (χ2v) is 5.54. The van der Waals surface area contributed by atoms with Crippen molar-refractivity contribution in [2.75, 3.05) is 13.2 Å². The summed E-state index contributed by atoms with van der Waals surface area (Å²) in [6.45, 7) is 2.77. The van der Waals surface area contributed by atoms with Crippen molar-refractivity contribution in [3.63, 3.8) is 0 Å². The lowest BCUT2D eigenvalue weighted by atomic mass is 9.82. The van der Waals surface area contributed by atoms with Crippen LogP contribution in [0.2, 0.25) is 0 Å². The van der Waals surface area contributed by atoms with Gasteiger partial charge in [-0.15, -0.1) is 11.3 Å². The van der Waals surface area contributed by atoms with Crippen molar-refractivity contribution in [3.8, 4) is 0 Å². The van der Waals surface area contributed by atoms with Crippen LogP contribution < -0.4 is 5.73 Å². The summed E-state index contributed by atoms with van der Waals surface area (Å²) in [4.78, 5) is 1.28. The molecular formula is C10H16BrNOS. The van der Waals surface area contributed by atoms with Crippen LogP contribution in [0.25, 0.3) is 0 Å². The van der Waals surface area contributed by atoms with E-state index in [0.29, 0.717) is 6.54 Å². The zero-order chi connectivity index (χ0) is 10.6. The van der Waals surface area contributed by atoms with Crippen LogP contribution in [0.3, 0.4) is 0 Å². The third-order valence-electron chi connectivity index (χ3n) is 2.69. The van der Waals surface area contributed by atoms with Gasteiger partial charge < -0.3 is 10.8 Å². The first-order valence-electron chi connectivity index (χ1n) is 4.69. The van der Waals surface area contributed by atoms with Crippen molar-refractivity contribution in [1.29, 1.82) is 0 Å². The lowest BCUT2D eigenvalue weighted by Gasteiger charge is -2.28. The Morgan fingerprint density at radius 1 is 1.64 bits per heavy atom. The zero-order valence-corrected chi connectivity index (χ0v) is 10.7. The monoisotopic (exact) mass is 277 g/mol. The molecule has 0 bridgehead atoms. The van der Waals surface area contributed by atoms with Gasteiger partial charge in [-0.2, -0.15) is 0 Å². The highest BCUT2D eigenvalue weighted by molar-refractivity contribution is 9.10. The molecule has 1 aromatic rings. The van der Waals surface area contributed by atoms with Crippen LogP contribution in [0.15, 0.2) is 15.9 Å². The molecule has 3 N–H and O–H groups in total. The van der Waals surface area contributed by atoms with Crippen molar-refractivity contribution in [2.45, 2.75) is 19.8 Å². The smallest absolute Gasteiger partial charge is 0.0502 e. The summed E-state index contributed by atoms with van der Waals surface area (Å²) in [6.07, 6.45) is 1.78. The van der Waals surface area contributed by atoms with E-state index in [1.54, 1.807) is 11.3 Å². The molecule has 4 heteroatoms. The van der Waals surface area contributed by atoms with E-state index >= 15 is 0 Å². The minimum absolute atomic E-state index is 0.135. The number of hydrogen-bond donors (Lipinski definition) is 2. The summed E-state index contributed by atoms with van der Waals surface area (Å²) in [5.74, 6) is 0. The maximum Gasteiger partial charge on any atom is 0.0502 e. The van der Waals surface area contributed by atoms with Gasteiger partial charge >= 0.3 is 0 Å². The molecule has 14 heavy (non-hydrogen) atoms. The number of halogens is 1. The van der Waals surface area contributed by atoms with Crippen molar-refractivity contribution in [1.82, 2.24) is 0 Å². The van der Waals surface area contributed by atoms with E-state index in [4.69, 9.17) is 5.73 Å². The topological polar surface area (TPSA) is 46.2 Å². The van der Waals surface area contributed by atoms with E-state index in [-0.39, 0.29) is 12.0 Å². The van der Waals surface area contributed by atoms with E-state index in [1.165, 1.54) is 4.88 Å². The van der Waals surface area contributed by atoms with Gasteiger partial charge in [0.25, 0.3) is 0 Å². The summed E-state index contributed by atoms with van der Waals surface area (Å²) in [7, 11) is 0. The number of rotatable bonds is 5. The maximum absolute atomic E-state index is 9.36. The van der Waals surface area contributed by atoms with Gasteiger partial charge in [-0.3, -0.25) is 0 Å². The first-order valence-corrected chi connectivity index (χ1v) is 6.37. The Balaban J connectivity index is 2.73. The van der Waals surface area contributed by atoms with Crippen LogP contribution in [0.5, 0.6) is 0 Å². The molecule has 1 rings (SSSR count). The Bertz CT molecular complexity index is 275. The largest absolute Gasteiger partial charge is 0.396 e. The molecule has 0 aliphatic heterocycles. The molecule has 0 aromatic carbocycles. The second-order valence-electron chi connectivity index (χ2n) is 3.62. The standard InChI is InChI=1S/C10H16BrNOS/c1-2-10(6-12,7-13)4-9-3-8(11)5-14-9/h3,5,13H,2,4,6-7,12H2,1H3. The first-order chi connectivity index (χ1) is 6.65. The van der Waals surface area contributed by atoms with Gasteiger partial charge in [0.1, 0.15) is 0 Å². The molecule has 0 radical (unpaired) electrons. The lowest BCUT2D eigenvalue weighted by Crippen LogP contribution is -2.35. The molecule has 0 aliphatic rings. The second kappa shape index (κ2) is 5.26. The summed E-state index contributed by atoms with van der Waals surface area (Å²) in [5.41, 5.74) is 5.58. The number of nitrogens with two attached hydrogens (primary N) is 1. The summed E-state index contributed by atoms with van der Waals surface area (Å²) >= 11 is 5.13. The molecular weight excluding hydrogens is 262 g/mol. The highest BCUT2D eigenvalue weighted by Gasteiger charge is 2.26. The van der Waals surface area contributed by atoms with Crippen molar-refractivity contribution < 1.29 is 5.11 Å². The van der Waals surface area contributed by atoms with Crippen LogP contribution in [0.1, 0.15) is 18.2 Å². The number of thiophene rings is 1. The van der Waals surface area contributed by atoms with Crippen molar-refractivity contribution in [2.24, 2.45) is 11.1 Å². The first kappa shape index (κ1) is 12.2. The van der Waals surface area contributed by atoms with Gasteiger partial charge in [-0.1, -0.05) is 6.92 Å². The minimum Gasteiger partial charge on any atom is -0.396 e. The molecule has 1 atom stereocenters. The lowest BCUT2D eigenvalue weighted by molar-refractivity contribution is 0.128. The molecule has 0 saturated carbocycles. The van der Waals surface area contributed by atoms with E-state index in [0.717, 1.165) is 17.3 Å². The molecule has 1 unspecified atom stereocenters. The summed E-state index contributed by atoms with van der Waals surface area (Å²) in [5, 5.41) is 11.4. The molecule has 0 saturated heterocycles. The van der Waals surface area contributed by atoms with E-state index < -0.39 is 0 Å². The highest BCUT2D eigenvalue weighted by Crippen LogP contribution is 2.30. The van der Waals surface area contributed by atoms with E-state index in [2.05, 4.69) is 34.3 Å². The summed E-state index contributed by atoms with van der Waals surface area (Å²) < 4.78 is 1.11. The molecule has 0 aliphatic carbocycles. The van der Waals surface area contributed by atoms with Gasteiger partial charge in [0, 0.05) is 26.7 Å². The minimum atomic E-state index is -0.135. The van der Waals surface area contributed by atoms with Crippen LogP contribution in [-0.4, -0.2) is 18.3 Å². The fourth-order valence-electron chi connectivity index (χ4n) is 1.39. The molecule has 0 spiro atoms. The molecule has 0 amide bonds. The SMILES string of the molecule is CCC(CN)(CO)Cc1cc(Br)cs1.